The third kappa shape index (κ3) is 4.14. The number of anilines is 1. The van der Waals surface area contributed by atoms with Crippen LogP contribution in [0.3, 0.4) is 0 Å². The van der Waals surface area contributed by atoms with Crippen LogP contribution in [0.1, 0.15) is 50.7 Å². The SMILES string of the molecule is CCOC(=O)c1sc2nc(C)c(C(=O)OCC)c(C=Cc3ccccc3)c2c1N. The lowest BCUT2D eigenvalue weighted by molar-refractivity contribution is 0.0519. The Morgan fingerprint density at radius 2 is 1.72 bits per heavy atom. The van der Waals surface area contributed by atoms with Crippen LogP contribution in [0.25, 0.3) is 22.4 Å². The molecule has 0 atom stereocenters. The van der Waals surface area contributed by atoms with Crippen LogP contribution in [-0.2, 0) is 9.47 Å². The molecule has 2 aromatic heterocycles. The van der Waals surface area contributed by atoms with E-state index in [2.05, 4.69) is 4.98 Å². The molecule has 7 heteroatoms. The second-order valence-corrected chi connectivity index (χ2v) is 7.19. The summed E-state index contributed by atoms with van der Waals surface area (Å²) in [6.07, 6.45) is 3.70. The average Bonchev–Trinajstić information content (AvgIpc) is 3.03. The van der Waals surface area contributed by atoms with Crippen molar-refractivity contribution >= 4 is 51.3 Å². The van der Waals surface area contributed by atoms with Gasteiger partial charge in [-0.1, -0.05) is 42.5 Å². The van der Waals surface area contributed by atoms with E-state index < -0.39 is 11.9 Å². The lowest BCUT2D eigenvalue weighted by Crippen LogP contribution is -2.11. The number of hydrogen-bond donors (Lipinski definition) is 1. The molecule has 0 aliphatic rings. The van der Waals surface area contributed by atoms with Crippen LogP contribution in [-0.4, -0.2) is 30.1 Å². The number of nitrogens with two attached hydrogens (primary N) is 1. The number of pyridine rings is 1. The molecule has 1 aromatic carbocycles. The van der Waals surface area contributed by atoms with E-state index in [1.165, 1.54) is 0 Å². The number of ether oxygens (including phenoxy) is 2. The van der Waals surface area contributed by atoms with Crippen molar-refractivity contribution in [1.29, 1.82) is 0 Å². The molecule has 0 aliphatic heterocycles. The van der Waals surface area contributed by atoms with E-state index in [0.717, 1.165) is 16.9 Å². The summed E-state index contributed by atoms with van der Waals surface area (Å²) in [4.78, 5) is 30.3. The standard InChI is InChI=1S/C22H22N2O4S/c1-4-27-21(25)16-13(3)24-20-17(18(23)19(29-20)22(26)28-5-2)15(16)12-11-14-9-7-6-8-10-14/h6-12H,4-5,23H2,1-3H3. The zero-order valence-electron chi connectivity index (χ0n) is 16.5. The molecule has 29 heavy (non-hydrogen) atoms. The van der Waals surface area contributed by atoms with Gasteiger partial charge in [-0.25, -0.2) is 14.6 Å². The molecule has 2 heterocycles. The molecule has 0 unspecified atom stereocenters. The third-order valence-electron chi connectivity index (χ3n) is 4.28. The number of nitrogen functional groups attached to an aromatic ring is 1. The Morgan fingerprint density at radius 1 is 1.07 bits per heavy atom. The molecule has 0 radical (unpaired) electrons. The maximum absolute atomic E-state index is 12.7. The van der Waals surface area contributed by atoms with Crippen LogP contribution >= 0.6 is 11.3 Å². The van der Waals surface area contributed by atoms with Gasteiger partial charge in [-0.05, 0) is 26.3 Å². The molecule has 0 saturated carbocycles. The molecule has 3 aromatic rings. The molecule has 6 nitrogen and oxygen atoms in total. The van der Waals surface area contributed by atoms with Gasteiger partial charge in [0, 0.05) is 10.9 Å². The number of esters is 2. The number of carbonyl (C=O) groups excluding carboxylic acids is 2. The maximum Gasteiger partial charge on any atom is 0.350 e. The zero-order valence-corrected chi connectivity index (χ0v) is 17.3. The van der Waals surface area contributed by atoms with Crippen molar-refractivity contribution < 1.29 is 19.1 Å². The summed E-state index contributed by atoms with van der Waals surface area (Å²) in [6, 6.07) is 9.69. The summed E-state index contributed by atoms with van der Waals surface area (Å²) in [6.45, 7) is 5.71. The monoisotopic (exact) mass is 410 g/mol. The van der Waals surface area contributed by atoms with E-state index in [4.69, 9.17) is 15.2 Å². The van der Waals surface area contributed by atoms with Gasteiger partial charge in [0.2, 0.25) is 0 Å². The van der Waals surface area contributed by atoms with Gasteiger partial charge in [-0.3, -0.25) is 0 Å². The predicted octanol–water partition coefficient (Wildman–Crippen LogP) is 4.71. The van der Waals surface area contributed by atoms with Crippen LogP contribution < -0.4 is 5.73 Å². The lowest BCUT2D eigenvalue weighted by atomic mass is 10.0. The molecular weight excluding hydrogens is 388 g/mol. The van der Waals surface area contributed by atoms with E-state index in [0.29, 0.717) is 27.0 Å². The second-order valence-electron chi connectivity index (χ2n) is 6.20. The highest BCUT2D eigenvalue weighted by Crippen LogP contribution is 2.38. The van der Waals surface area contributed by atoms with Crippen LogP contribution in [0.4, 0.5) is 5.69 Å². The van der Waals surface area contributed by atoms with Gasteiger partial charge in [0.05, 0.1) is 30.2 Å². The molecular formula is C22H22N2O4S. The van der Waals surface area contributed by atoms with E-state index in [1.807, 2.05) is 42.5 Å². The average molecular weight is 410 g/mol. The number of hydrogen-bond acceptors (Lipinski definition) is 7. The minimum Gasteiger partial charge on any atom is -0.462 e. The number of thiophene rings is 1. The van der Waals surface area contributed by atoms with Gasteiger partial charge < -0.3 is 15.2 Å². The van der Waals surface area contributed by atoms with Crippen molar-refractivity contribution in [2.75, 3.05) is 18.9 Å². The first-order valence-electron chi connectivity index (χ1n) is 9.27. The number of carbonyl (C=O) groups is 2. The fourth-order valence-corrected chi connectivity index (χ4v) is 4.07. The highest BCUT2D eigenvalue weighted by atomic mass is 32.1. The van der Waals surface area contributed by atoms with Gasteiger partial charge in [-0.15, -0.1) is 11.3 Å². The Bertz CT molecular complexity index is 1090. The van der Waals surface area contributed by atoms with Crippen LogP contribution in [0.15, 0.2) is 30.3 Å². The quantitative estimate of drug-likeness (QED) is 0.592. The smallest absolute Gasteiger partial charge is 0.350 e. The first-order chi connectivity index (χ1) is 14.0. The van der Waals surface area contributed by atoms with Crippen LogP contribution in [0.2, 0.25) is 0 Å². The van der Waals surface area contributed by atoms with Crippen molar-refractivity contribution in [2.24, 2.45) is 0 Å². The second kappa shape index (κ2) is 8.87. The minimum atomic E-state index is -0.499. The number of aryl methyl sites for hydroxylation is 1. The van der Waals surface area contributed by atoms with E-state index in [1.54, 1.807) is 20.8 Å². The zero-order chi connectivity index (χ0) is 21.0. The van der Waals surface area contributed by atoms with E-state index in [-0.39, 0.29) is 23.8 Å². The Morgan fingerprint density at radius 3 is 2.38 bits per heavy atom. The van der Waals surface area contributed by atoms with Gasteiger partial charge in [0.25, 0.3) is 0 Å². The predicted molar refractivity (Wildman–Crippen MR) is 116 cm³/mol. The number of fused-ring (bicyclic) bond motifs is 1. The fraction of sp³-hybridized carbons (Fsp3) is 0.227. The molecule has 0 fully saturated rings. The van der Waals surface area contributed by atoms with E-state index >= 15 is 0 Å². The summed E-state index contributed by atoms with van der Waals surface area (Å²) < 4.78 is 10.3. The Labute approximate surface area is 173 Å². The van der Waals surface area contributed by atoms with E-state index in [9.17, 15) is 9.59 Å². The molecule has 0 saturated heterocycles. The molecule has 2 N–H and O–H groups in total. The largest absolute Gasteiger partial charge is 0.462 e. The first kappa shape index (κ1) is 20.5. The number of nitrogens with zero attached hydrogens (tertiary/aromatic N) is 1. The van der Waals surface area contributed by atoms with Crippen molar-refractivity contribution in [1.82, 2.24) is 4.98 Å². The van der Waals surface area contributed by atoms with Gasteiger partial charge in [-0.2, -0.15) is 0 Å². The molecule has 3 rings (SSSR count). The molecule has 0 bridgehead atoms. The summed E-state index contributed by atoms with van der Waals surface area (Å²) in [5, 5.41) is 0.555. The molecule has 0 spiro atoms. The maximum atomic E-state index is 12.7. The Hall–Kier alpha value is -3.19. The van der Waals surface area contributed by atoms with Gasteiger partial charge in [0.1, 0.15) is 9.71 Å². The number of benzene rings is 1. The normalized spacial score (nSPS) is 11.1. The topological polar surface area (TPSA) is 91.5 Å². The summed E-state index contributed by atoms with van der Waals surface area (Å²) in [7, 11) is 0. The van der Waals surface area contributed by atoms with Crippen molar-refractivity contribution in [2.45, 2.75) is 20.8 Å². The highest BCUT2D eigenvalue weighted by Gasteiger charge is 2.25. The Kier molecular flexibility index (Phi) is 6.29. The molecule has 0 amide bonds. The molecule has 150 valence electrons. The summed E-state index contributed by atoms with van der Waals surface area (Å²) in [5.74, 6) is -0.975. The number of rotatable bonds is 6. The summed E-state index contributed by atoms with van der Waals surface area (Å²) >= 11 is 1.16. The highest BCUT2D eigenvalue weighted by molar-refractivity contribution is 7.21. The van der Waals surface area contributed by atoms with Crippen molar-refractivity contribution in [3.8, 4) is 0 Å². The summed E-state index contributed by atoms with van der Waals surface area (Å²) in [5.41, 5.74) is 8.97. The van der Waals surface area contributed by atoms with Gasteiger partial charge in [0.15, 0.2) is 0 Å². The van der Waals surface area contributed by atoms with Crippen LogP contribution in [0.5, 0.6) is 0 Å². The fourth-order valence-electron chi connectivity index (χ4n) is 3.02. The first-order valence-corrected chi connectivity index (χ1v) is 10.1. The van der Waals surface area contributed by atoms with Crippen molar-refractivity contribution in [3.63, 3.8) is 0 Å². The minimum absolute atomic E-state index is 0.241. The lowest BCUT2D eigenvalue weighted by Gasteiger charge is -2.11. The van der Waals surface area contributed by atoms with Crippen LogP contribution in [0, 0.1) is 6.92 Å². The third-order valence-corrected chi connectivity index (χ3v) is 5.36. The van der Waals surface area contributed by atoms with Crippen molar-refractivity contribution in [3.05, 3.63) is 57.6 Å². The number of aromatic nitrogens is 1. The Balaban J connectivity index is 2.27. The van der Waals surface area contributed by atoms with Gasteiger partial charge >= 0.3 is 11.9 Å². The molecule has 0 aliphatic carbocycles.